The second-order valence-electron chi connectivity index (χ2n) is 6.63. The molecule has 0 unspecified atom stereocenters. The van der Waals surface area contributed by atoms with Crippen molar-refractivity contribution in [1.29, 1.82) is 0 Å². The number of fused-ring (bicyclic) bond motifs is 1. The minimum Gasteiger partial charge on any atom is -0.277 e. The molecule has 0 spiro atoms. The molecule has 4 aromatic rings. The molecule has 2 aromatic carbocycles. The molecule has 0 aliphatic heterocycles. The average molecular weight is 432 g/mol. The normalized spacial score (nSPS) is 12.3. The molecule has 4 rings (SSSR count). The monoisotopic (exact) mass is 432 g/mol. The molecule has 0 aliphatic rings. The fourth-order valence-electron chi connectivity index (χ4n) is 3.06. The van der Waals surface area contributed by atoms with Crippen molar-refractivity contribution in [2.75, 3.05) is 4.72 Å². The van der Waals surface area contributed by atoms with Gasteiger partial charge in [0.25, 0.3) is 10.0 Å². The van der Waals surface area contributed by atoms with Crippen LogP contribution < -0.4 is 4.72 Å². The van der Waals surface area contributed by atoms with Crippen molar-refractivity contribution in [1.82, 2.24) is 14.8 Å². The molecule has 0 radical (unpaired) electrons. The summed E-state index contributed by atoms with van der Waals surface area (Å²) in [7, 11) is -4.25. The summed E-state index contributed by atoms with van der Waals surface area (Å²) in [6.45, 7) is 1.82. The number of sulfonamides is 1. The number of pyridine rings is 1. The number of halogens is 3. The molecular formula is C20H15F3N4O2S. The Morgan fingerprint density at radius 3 is 2.57 bits per heavy atom. The first-order chi connectivity index (χ1) is 14.1. The lowest BCUT2D eigenvalue weighted by atomic mass is 10.1. The van der Waals surface area contributed by atoms with Gasteiger partial charge < -0.3 is 0 Å². The van der Waals surface area contributed by atoms with Gasteiger partial charge in [-0.15, -0.1) is 0 Å². The predicted molar refractivity (Wildman–Crippen MR) is 106 cm³/mol. The summed E-state index contributed by atoms with van der Waals surface area (Å²) in [6, 6.07) is 10.8. The van der Waals surface area contributed by atoms with Crippen LogP contribution in [-0.2, 0) is 16.2 Å². The molecule has 30 heavy (non-hydrogen) atoms. The van der Waals surface area contributed by atoms with Gasteiger partial charge >= 0.3 is 6.18 Å². The quantitative estimate of drug-likeness (QED) is 0.513. The van der Waals surface area contributed by atoms with E-state index in [0.717, 1.165) is 17.7 Å². The van der Waals surface area contributed by atoms with Crippen LogP contribution in [0.25, 0.3) is 16.6 Å². The summed E-state index contributed by atoms with van der Waals surface area (Å²) in [5.74, 6) is 0. The molecule has 0 saturated carbocycles. The summed E-state index contributed by atoms with van der Waals surface area (Å²) >= 11 is 0. The molecular weight excluding hydrogens is 417 g/mol. The maximum absolute atomic E-state index is 13.2. The highest BCUT2D eigenvalue weighted by Crippen LogP contribution is 2.34. The van der Waals surface area contributed by atoms with Crippen molar-refractivity contribution >= 4 is 26.6 Å². The van der Waals surface area contributed by atoms with Crippen LogP contribution in [0.1, 0.15) is 11.1 Å². The first-order valence-electron chi connectivity index (χ1n) is 8.75. The molecule has 2 heterocycles. The molecule has 2 aromatic heterocycles. The van der Waals surface area contributed by atoms with E-state index in [1.807, 2.05) is 6.92 Å². The highest BCUT2D eigenvalue weighted by Gasteiger charge is 2.32. The Morgan fingerprint density at radius 1 is 1.07 bits per heavy atom. The van der Waals surface area contributed by atoms with Crippen LogP contribution in [-0.4, -0.2) is 23.2 Å². The van der Waals surface area contributed by atoms with E-state index in [-0.39, 0.29) is 21.8 Å². The summed E-state index contributed by atoms with van der Waals surface area (Å²) in [5.41, 5.74) is -0.00639. The number of nitrogens with zero attached hydrogens (tertiary/aromatic N) is 3. The Morgan fingerprint density at radius 2 is 1.87 bits per heavy atom. The van der Waals surface area contributed by atoms with Crippen LogP contribution in [0.4, 0.5) is 18.9 Å². The van der Waals surface area contributed by atoms with Gasteiger partial charge in [-0.25, -0.2) is 13.1 Å². The highest BCUT2D eigenvalue weighted by atomic mass is 32.2. The molecule has 1 N–H and O–H groups in total. The summed E-state index contributed by atoms with van der Waals surface area (Å²) in [6.07, 6.45) is -0.169. The highest BCUT2D eigenvalue weighted by molar-refractivity contribution is 7.93. The smallest absolute Gasteiger partial charge is 0.277 e. The van der Waals surface area contributed by atoms with Crippen LogP contribution in [0.15, 0.2) is 72.0 Å². The van der Waals surface area contributed by atoms with E-state index in [2.05, 4.69) is 14.8 Å². The third-order valence-electron chi connectivity index (χ3n) is 4.42. The maximum atomic E-state index is 13.2. The lowest BCUT2D eigenvalue weighted by Crippen LogP contribution is -2.17. The number of nitrogens with one attached hydrogen (secondary N) is 1. The largest absolute Gasteiger partial charge is 0.416 e. The Kier molecular flexibility index (Phi) is 4.73. The van der Waals surface area contributed by atoms with Gasteiger partial charge in [-0.3, -0.25) is 9.71 Å². The average Bonchev–Trinajstić information content (AvgIpc) is 3.20. The number of para-hydroxylation sites is 1. The number of anilines is 1. The summed E-state index contributed by atoms with van der Waals surface area (Å²) < 4.78 is 69.5. The third-order valence-corrected chi connectivity index (χ3v) is 5.82. The number of alkyl halides is 3. The summed E-state index contributed by atoms with van der Waals surface area (Å²) in [4.78, 5) is 4.07. The van der Waals surface area contributed by atoms with Crippen LogP contribution in [0.5, 0.6) is 0 Å². The number of hydrogen-bond donors (Lipinski definition) is 1. The van der Waals surface area contributed by atoms with Gasteiger partial charge in [-0.05, 0) is 48.9 Å². The number of hydrogen-bond acceptors (Lipinski definition) is 4. The van der Waals surface area contributed by atoms with Crippen LogP contribution in [0, 0.1) is 6.92 Å². The van der Waals surface area contributed by atoms with E-state index < -0.39 is 21.8 Å². The van der Waals surface area contributed by atoms with Gasteiger partial charge in [0, 0.05) is 24.0 Å². The van der Waals surface area contributed by atoms with Gasteiger partial charge in [0.05, 0.1) is 22.5 Å². The molecule has 6 nitrogen and oxygen atoms in total. The van der Waals surface area contributed by atoms with E-state index in [0.29, 0.717) is 5.39 Å². The fourth-order valence-corrected chi connectivity index (χ4v) is 4.31. The predicted octanol–water partition coefficient (Wildman–Crippen LogP) is 4.55. The second kappa shape index (κ2) is 7.13. The van der Waals surface area contributed by atoms with E-state index in [1.54, 1.807) is 24.3 Å². The summed E-state index contributed by atoms with van der Waals surface area (Å²) in [5, 5.41) is 4.60. The molecule has 154 valence electrons. The van der Waals surface area contributed by atoms with Crippen molar-refractivity contribution in [3.05, 3.63) is 78.2 Å². The molecule has 0 amide bonds. The first kappa shape index (κ1) is 19.9. The maximum Gasteiger partial charge on any atom is 0.416 e. The van der Waals surface area contributed by atoms with Crippen molar-refractivity contribution < 1.29 is 21.6 Å². The molecule has 0 atom stereocenters. The van der Waals surface area contributed by atoms with Crippen molar-refractivity contribution in [2.45, 2.75) is 18.0 Å². The van der Waals surface area contributed by atoms with Crippen molar-refractivity contribution in [3.63, 3.8) is 0 Å². The van der Waals surface area contributed by atoms with Gasteiger partial charge in [-0.2, -0.15) is 18.3 Å². The van der Waals surface area contributed by atoms with Gasteiger partial charge in [0.15, 0.2) is 0 Å². The molecule has 0 fully saturated rings. The van der Waals surface area contributed by atoms with Crippen molar-refractivity contribution in [3.8, 4) is 5.69 Å². The van der Waals surface area contributed by atoms with Crippen molar-refractivity contribution in [2.24, 2.45) is 0 Å². The zero-order valence-electron chi connectivity index (χ0n) is 15.6. The van der Waals surface area contributed by atoms with Crippen LogP contribution in [0.2, 0.25) is 0 Å². The number of aromatic nitrogens is 3. The Bertz CT molecular complexity index is 1330. The fraction of sp³-hybridized carbons (Fsp3) is 0.100. The van der Waals surface area contributed by atoms with Gasteiger partial charge in [0.1, 0.15) is 4.90 Å². The molecule has 0 aliphatic carbocycles. The lowest BCUT2D eigenvalue weighted by molar-refractivity contribution is -0.137. The Labute approximate surface area is 170 Å². The van der Waals surface area contributed by atoms with E-state index in [1.165, 1.54) is 35.4 Å². The zero-order chi connectivity index (χ0) is 21.5. The molecule has 10 heteroatoms. The molecule has 0 bridgehead atoms. The van der Waals surface area contributed by atoms with Crippen LogP contribution >= 0.6 is 0 Å². The van der Waals surface area contributed by atoms with E-state index >= 15 is 0 Å². The van der Waals surface area contributed by atoms with Gasteiger partial charge in [0.2, 0.25) is 0 Å². The number of rotatable bonds is 4. The topological polar surface area (TPSA) is 76.9 Å². The molecule has 0 saturated heterocycles. The van der Waals surface area contributed by atoms with Gasteiger partial charge in [-0.1, -0.05) is 12.1 Å². The Hall–Kier alpha value is -3.40. The van der Waals surface area contributed by atoms with E-state index in [4.69, 9.17) is 0 Å². The van der Waals surface area contributed by atoms with Crippen LogP contribution in [0.3, 0.4) is 0 Å². The lowest BCUT2D eigenvalue weighted by Gasteiger charge is -2.16. The second-order valence-corrected chi connectivity index (χ2v) is 8.28. The SMILES string of the molecule is Cc1cnc2c(S(=O)(=O)Nc3cc(C(F)(F)F)ccc3-n3cccn3)cccc2c1. The standard InChI is InChI=1S/C20H15F3N4O2S/c1-13-10-14-4-2-5-18(19(14)24-12-13)30(28,29)26-16-11-15(20(21,22)23)6-7-17(16)27-9-3-8-25-27/h2-12,26H,1H3. The number of aryl methyl sites for hydroxylation is 1. The van der Waals surface area contributed by atoms with E-state index in [9.17, 15) is 21.6 Å². The number of benzene rings is 2. The first-order valence-corrected chi connectivity index (χ1v) is 10.2. The minimum atomic E-state index is -4.64. The third kappa shape index (κ3) is 3.73. The minimum absolute atomic E-state index is 0.135. The zero-order valence-corrected chi connectivity index (χ0v) is 16.4. The Balaban J connectivity index is 1.85.